The van der Waals surface area contributed by atoms with Crippen LogP contribution in [0.1, 0.15) is 17.0 Å². The normalized spacial score (nSPS) is 16.0. The molecule has 0 saturated carbocycles. The Kier molecular flexibility index (Phi) is 4.58. The van der Waals surface area contributed by atoms with E-state index in [-0.39, 0.29) is 5.76 Å². The largest absolute Gasteiger partial charge is 0.494 e. The summed E-state index contributed by atoms with van der Waals surface area (Å²) in [4.78, 5) is 11.2. The molecule has 0 saturated heterocycles. The number of aromatic nitrogens is 2. The van der Waals surface area contributed by atoms with Crippen LogP contribution < -0.4 is 26.0 Å². The number of benzene rings is 1. The number of para-hydroxylation sites is 1. The summed E-state index contributed by atoms with van der Waals surface area (Å²) in [5, 5.41) is 2.62. The molecule has 2 N–H and O–H groups in total. The van der Waals surface area contributed by atoms with Gasteiger partial charge in [0.2, 0.25) is 0 Å². The van der Waals surface area contributed by atoms with Gasteiger partial charge in [0.25, 0.3) is 0 Å². The fourth-order valence-corrected chi connectivity index (χ4v) is 3.85. The second kappa shape index (κ2) is 6.97. The molecule has 0 atom stereocenters. The van der Waals surface area contributed by atoms with Crippen molar-refractivity contribution >= 4 is 27.7 Å². The second-order valence-corrected chi connectivity index (χ2v) is 8.53. The molecule has 1 aliphatic rings. The molecule has 0 aliphatic carbocycles. The van der Waals surface area contributed by atoms with Crippen molar-refractivity contribution in [1.82, 2.24) is 9.97 Å². The maximum absolute atomic E-state index is 11.8. The number of hydrogen-bond acceptors (Lipinski definition) is 5. The molecule has 0 spiro atoms. The van der Waals surface area contributed by atoms with Crippen LogP contribution in [0.5, 0.6) is 5.75 Å². The fourth-order valence-electron chi connectivity index (χ4n) is 3.38. The van der Waals surface area contributed by atoms with Crippen LogP contribution in [0.3, 0.4) is 0 Å². The number of rotatable bonds is 4. The summed E-state index contributed by atoms with van der Waals surface area (Å²) in [6.07, 6.45) is 2.97. The topological polar surface area (TPSA) is 96.5 Å². The van der Waals surface area contributed by atoms with E-state index in [0.29, 0.717) is 27.4 Å². The van der Waals surface area contributed by atoms with Crippen LogP contribution in [0.2, 0.25) is 0 Å². The smallest absolute Gasteiger partial charge is 0.306 e. The van der Waals surface area contributed by atoms with Gasteiger partial charge >= 0.3 is 10.1 Å². The third-order valence-corrected chi connectivity index (χ3v) is 5.06. The minimum absolute atomic E-state index is 0.199. The monoisotopic (exact) mass is 411 g/mol. The van der Waals surface area contributed by atoms with Gasteiger partial charge in [-0.05, 0) is 43.7 Å². The minimum atomic E-state index is -3.73. The Morgan fingerprint density at radius 2 is 1.86 bits per heavy atom. The molecule has 7 nitrogen and oxygen atoms in total. The lowest BCUT2D eigenvalue weighted by molar-refractivity contribution is 0.412. The van der Waals surface area contributed by atoms with Gasteiger partial charge in [-0.2, -0.15) is 8.42 Å². The molecule has 3 aromatic rings. The van der Waals surface area contributed by atoms with Gasteiger partial charge in [0.05, 0.1) is 29.4 Å². The van der Waals surface area contributed by atoms with Crippen LogP contribution in [0.4, 0.5) is 0 Å². The van der Waals surface area contributed by atoms with Gasteiger partial charge in [-0.3, -0.25) is 0 Å². The molecule has 0 fully saturated rings. The maximum atomic E-state index is 11.8. The van der Waals surface area contributed by atoms with Crippen LogP contribution >= 0.6 is 0 Å². The van der Waals surface area contributed by atoms with E-state index in [1.54, 1.807) is 19.2 Å². The van der Waals surface area contributed by atoms with Crippen molar-refractivity contribution in [2.75, 3.05) is 13.4 Å². The van der Waals surface area contributed by atoms with Gasteiger partial charge in [0.1, 0.15) is 11.4 Å². The zero-order chi connectivity index (χ0) is 20.8. The van der Waals surface area contributed by atoms with Crippen molar-refractivity contribution in [3.05, 3.63) is 74.6 Å². The quantitative estimate of drug-likeness (QED) is 0.605. The number of fused-ring (bicyclic) bond motifs is 1. The van der Waals surface area contributed by atoms with Crippen LogP contribution in [0.25, 0.3) is 17.5 Å². The van der Waals surface area contributed by atoms with E-state index in [0.717, 1.165) is 28.6 Å². The average Bonchev–Trinajstić information content (AvgIpc) is 3.30. The second-order valence-electron chi connectivity index (χ2n) is 6.95. The highest BCUT2D eigenvalue weighted by atomic mass is 32.2. The maximum Gasteiger partial charge on any atom is 0.306 e. The van der Waals surface area contributed by atoms with Gasteiger partial charge in [0, 0.05) is 22.7 Å². The summed E-state index contributed by atoms with van der Waals surface area (Å²) in [5.74, 6) is 0.814. The van der Waals surface area contributed by atoms with Crippen molar-refractivity contribution in [2.24, 2.45) is 4.99 Å². The Labute approximate surface area is 167 Å². The number of H-pyrrole nitrogens is 2. The third kappa shape index (κ3) is 3.71. The summed E-state index contributed by atoms with van der Waals surface area (Å²) in [6, 6.07) is 11.1. The zero-order valence-electron chi connectivity index (χ0n) is 16.5. The molecule has 1 aromatic carbocycles. The molecule has 150 valence electrons. The Bertz CT molecular complexity index is 1460. The van der Waals surface area contributed by atoms with E-state index in [4.69, 9.17) is 8.92 Å². The lowest BCUT2D eigenvalue weighted by atomic mass is 10.2. The van der Waals surface area contributed by atoms with E-state index in [1.807, 2.05) is 38.1 Å². The van der Waals surface area contributed by atoms with Gasteiger partial charge in [0.15, 0.2) is 5.76 Å². The summed E-state index contributed by atoms with van der Waals surface area (Å²) in [7, 11) is -2.14. The van der Waals surface area contributed by atoms with Gasteiger partial charge in [-0.15, -0.1) is 0 Å². The number of ether oxygens (including phenoxy) is 1. The third-order valence-electron chi connectivity index (χ3n) is 4.59. The van der Waals surface area contributed by atoms with E-state index in [2.05, 4.69) is 21.0 Å². The van der Waals surface area contributed by atoms with Crippen molar-refractivity contribution in [3.8, 4) is 5.75 Å². The standard InChI is InChI=1S/C21H21N3O4S/c1-12-9-13(2)22-16(12)10-17-19(27-3)11-18(23-17)20-21(28-29(4,25)26)14-7-5-6-8-15(14)24-20/h5-11,22-23H,1-4H3. The molecule has 1 aliphatic heterocycles. The number of hydrogen-bond donors (Lipinski definition) is 2. The summed E-state index contributed by atoms with van der Waals surface area (Å²) in [5.41, 5.74) is 3.54. The number of nitrogens with one attached hydrogen (secondary N) is 2. The Balaban J connectivity index is 2.00. The predicted molar refractivity (Wildman–Crippen MR) is 110 cm³/mol. The van der Waals surface area contributed by atoms with Crippen LogP contribution in [-0.2, 0) is 14.3 Å². The molecule has 0 unspecified atom stereocenters. The van der Waals surface area contributed by atoms with Gasteiger partial charge in [-0.25, -0.2) is 4.99 Å². The molecule has 3 heterocycles. The first-order valence-corrected chi connectivity index (χ1v) is 10.8. The Morgan fingerprint density at radius 1 is 1.10 bits per heavy atom. The first kappa shape index (κ1) is 19.1. The first-order chi connectivity index (χ1) is 13.7. The molecule has 8 heteroatoms. The van der Waals surface area contributed by atoms with E-state index >= 15 is 0 Å². The lowest BCUT2D eigenvalue weighted by Gasteiger charge is -2.04. The molecule has 29 heavy (non-hydrogen) atoms. The molecule has 0 bridgehead atoms. The molecular weight excluding hydrogens is 390 g/mol. The van der Waals surface area contributed by atoms with E-state index < -0.39 is 10.1 Å². The minimum Gasteiger partial charge on any atom is -0.494 e. The van der Waals surface area contributed by atoms with Gasteiger partial charge < -0.3 is 18.9 Å². The highest BCUT2D eigenvalue weighted by Gasteiger charge is 2.20. The molecule has 0 radical (unpaired) electrons. The average molecular weight is 411 g/mol. The number of methoxy groups -OCH3 is 1. The predicted octanol–water partition coefficient (Wildman–Crippen LogP) is 0.323. The number of aromatic amines is 2. The lowest BCUT2D eigenvalue weighted by Crippen LogP contribution is -2.23. The Hall–Kier alpha value is -3.26. The van der Waals surface area contributed by atoms with Crippen LogP contribution in [-0.4, -0.2) is 31.8 Å². The molecule has 2 aromatic heterocycles. The number of aryl methyl sites for hydroxylation is 2. The molecule has 0 amide bonds. The zero-order valence-corrected chi connectivity index (χ0v) is 17.3. The first-order valence-electron chi connectivity index (χ1n) is 8.98. The van der Waals surface area contributed by atoms with Crippen molar-refractivity contribution in [1.29, 1.82) is 0 Å². The molecule has 4 rings (SSSR count). The van der Waals surface area contributed by atoms with Crippen molar-refractivity contribution in [2.45, 2.75) is 13.8 Å². The fraction of sp³-hybridized carbons (Fsp3) is 0.190. The van der Waals surface area contributed by atoms with Crippen molar-refractivity contribution < 1.29 is 17.3 Å². The summed E-state index contributed by atoms with van der Waals surface area (Å²) >= 11 is 0. The highest BCUT2D eigenvalue weighted by Crippen LogP contribution is 2.18. The summed E-state index contributed by atoms with van der Waals surface area (Å²) in [6.45, 7) is 4.02. The van der Waals surface area contributed by atoms with Crippen LogP contribution in [0.15, 0.2) is 41.4 Å². The molecular formula is C21H21N3O4S. The highest BCUT2D eigenvalue weighted by molar-refractivity contribution is 7.86. The summed E-state index contributed by atoms with van der Waals surface area (Å²) < 4.78 is 34.5. The van der Waals surface area contributed by atoms with E-state index in [9.17, 15) is 8.42 Å². The van der Waals surface area contributed by atoms with Crippen LogP contribution in [0, 0.1) is 13.8 Å². The Morgan fingerprint density at radius 3 is 2.52 bits per heavy atom. The van der Waals surface area contributed by atoms with Crippen molar-refractivity contribution in [3.63, 3.8) is 0 Å². The number of nitrogens with zero attached hydrogens (tertiary/aromatic N) is 1. The van der Waals surface area contributed by atoms with E-state index in [1.165, 1.54) is 0 Å². The SMILES string of the molecule is COc1cc(=C2N=c3ccccc3=C2OS(C)(=O)=O)[nH]c1=Cc1[nH]c(C)cc1C. The van der Waals surface area contributed by atoms with Gasteiger partial charge in [-0.1, -0.05) is 12.1 Å².